The zero-order valence-electron chi connectivity index (χ0n) is 12.0. The van der Waals surface area contributed by atoms with Crippen LogP contribution in [-0.2, 0) is 14.8 Å². The molecule has 1 rings (SSSR count). The van der Waals surface area contributed by atoms with E-state index in [4.69, 9.17) is 11.5 Å². The maximum atomic E-state index is 12.2. The molecule has 1 aromatic rings. The molecule has 7 heteroatoms. The van der Waals surface area contributed by atoms with Gasteiger partial charge >= 0.3 is 0 Å². The molecule has 0 spiro atoms. The molecule has 0 heterocycles. The quantitative estimate of drug-likeness (QED) is 0.652. The van der Waals surface area contributed by atoms with Crippen molar-refractivity contribution in [2.24, 2.45) is 17.4 Å². The predicted octanol–water partition coefficient (Wildman–Crippen LogP) is -0.215. The summed E-state index contributed by atoms with van der Waals surface area (Å²) in [5.41, 5.74) is 11.1. The molecule has 1 amide bonds. The number of sulfonamides is 1. The smallest absolute Gasteiger partial charge is 0.241 e. The van der Waals surface area contributed by atoms with Crippen molar-refractivity contribution < 1.29 is 13.2 Å². The van der Waals surface area contributed by atoms with Crippen LogP contribution in [0.2, 0.25) is 0 Å². The van der Waals surface area contributed by atoms with Gasteiger partial charge in [0.05, 0.1) is 11.4 Å². The molecule has 1 aromatic carbocycles. The largest absolute Gasteiger partial charge is 0.368 e. The summed E-state index contributed by atoms with van der Waals surface area (Å²) in [6.07, 6.45) is 0. The lowest BCUT2D eigenvalue weighted by Gasteiger charge is -2.18. The molecule has 0 bridgehead atoms. The van der Waals surface area contributed by atoms with Gasteiger partial charge in [0.15, 0.2) is 0 Å². The number of hydrogen-bond donors (Lipinski definition) is 3. The Morgan fingerprint density at radius 2 is 1.86 bits per heavy atom. The van der Waals surface area contributed by atoms with Crippen molar-refractivity contribution >= 4 is 15.9 Å². The molecule has 5 N–H and O–H groups in total. The van der Waals surface area contributed by atoms with Crippen LogP contribution in [0.15, 0.2) is 29.2 Å². The molecule has 0 aliphatic heterocycles. The first-order valence-electron chi connectivity index (χ1n) is 6.38. The molecule has 0 saturated carbocycles. The minimum Gasteiger partial charge on any atom is -0.368 e. The van der Waals surface area contributed by atoms with Crippen LogP contribution in [0.4, 0.5) is 0 Å². The second kappa shape index (κ2) is 7.22. The fraction of sp³-hybridized carbons (Fsp3) is 0.357. The summed E-state index contributed by atoms with van der Waals surface area (Å²) in [5.74, 6) is 4.52. The topological polar surface area (TPSA) is 115 Å². The van der Waals surface area contributed by atoms with Gasteiger partial charge in [-0.1, -0.05) is 25.7 Å². The molecule has 0 saturated heterocycles. The van der Waals surface area contributed by atoms with Crippen molar-refractivity contribution in [2.75, 3.05) is 6.54 Å². The third-order valence-corrected chi connectivity index (χ3v) is 4.21. The van der Waals surface area contributed by atoms with E-state index < -0.39 is 22.0 Å². The van der Waals surface area contributed by atoms with Crippen molar-refractivity contribution in [3.63, 3.8) is 0 Å². The van der Waals surface area contributed by atoms with E-state index >= 15 is 0 Å². The van der Waals surface area contributed by atoms with Crippen molar-refractivity contribution in [3.8, 4) is 11.8 Å². The van der Waals surface area contributed by atoms with Gasteiger partial charge in [-0.15, -0.1) is 0 Å². The highest BCUT2D eigenvalue weighted by Crippen LogP contribution is 2.12. The van der Waals surface area contributed by atoms with Gasteiger partial charge in [0.25, 0.3) is 0 Å². The standard InChI is InChI=1S/C14H19N3O3S/c1-10(2)13(14(16)18)17-21(19,20)12-7-5-11(6-8-12)4-3-9-15/h5-8,10,13,17H,9,15H2,1-2H3,(H2,16,18). The van der Waals surface area contributed by atoms with E-state index in [-0.39, 0.29) is 17.4 Å². The normalized spacial score (nSPS) is 12.6. The number of nitrogens with two attached hydrogens (primary N) is 2. The molecule has 1 atom stereocenters. The van der Waals surface area contributed by atoms with Crippen LogP contribution in [0.25, 0.3) is 0 Å². The number of benzene rings is 1. The highest BCUT2D eigenvalue weighted by Gasteiger charge is 2.26. The number of nitrogens with one attached hydrogen (secondary N) is 1. The summed E-state index contributed by atoms with van der Waals surface area (Å²) >= 11 is 0. The van der Waals surface area contributed by atoms with E-state index in [0.29, 0.717) is 5.56 Å². The summed E-state index contributed by atoms with van der Waals surface area (Å²) in [6.45, 7) is 3.66. The lowest BCUT2D eigenvalue weighted by Crippen LogP contribution is -2.47. The summed E-state index contributed by atoms with van der Waals surface area (Å²) in [4.78, 5) is 11.3. The van der Waals surface area contributed by atoms with Gasteiger partial charge in [0.1, 0.15) is 6.04 Å². The lowest BCUT2D eigenvalue weighted by atomic mass is 10.1. The Morgan fingerprint density at radius 3 is 2.29 bits per heavy atom. The van der Waals surface area contributed by atoms with Gasteiger partial charge in [-0.25, -0.2) is 8.42 Å². The maximum Gasteiger partial charge on any atom is 0.241 e. The van der Waals surface area contributed by atoms with Crippen LogP contribution in [0, 0.1) is 17.8 Å². The maximum absolute atomic E-state index is 12.2. The van der Waals surface area contributed by atoms with Crippen LogP contribution in [0.1, 0.15) is 19.4 Å². The van der Waals surface area contributed by atoms with E-state index in [9.17, 15) is 13.2 Å². The van der Waals surface area contributed by atoms with Gasteiger partial charge < -0.3 is 11.5 Å². The molecule has 1 unspecified atom stereocenters. The molecule has 0 aromatic heterocycles. The van der Waals surface area contributed by atoms with Gasteiger partial charge in [-0.2, -0.15) is 4.72 Å². The third kappa shape index (κ3) is 4.86. The third-order valence-electron chi connectivity index (χ3n) is 2.75. The average Bonchev–Trinajstić information content (AvgIpc) is 2.42. The number of amides is 1. The van der Waals surface area contributed by atoms with E-state index in [1.807, 2.05) is 0 Å². The number of carbonyl (C=O) groups is 1. The zero-order valence-corrected chi connectivity index (χ0v) is 12.8. The Morgan fingerprint density at radius 1 is 1.29 bits per heavy atom. The molecule has 0 fully saturated rings. The molecule has 114 valence electrons. The predicted molar refractivity (Wildman–Crippen MR) is 80.5 cm³/mol. The van der Waals surface area contributed by atoms with Gasteiger partial charge in [-0.3, -0.25) is 4.79 Å². The van der Waals surface area contributed by atoms with Crippen LogP contribution in [0.3, 0.4) is 0 Å². The fourth-order valence-electron chi connectivity index (χ4n) is 1.63. The van der Waals surface area contributed by atoms with Gasteiger partial charge in [-0.05, 0) is 30.2 Å². The summed E-state index contributed by atoms with van der Waals surface area (Å²) < 4.78 is 26.7. The Hall–Kier alpha value is -1.88. The number of carbonyl (C=O) groups excluding carboxylic acids is 1. The van der Waals surface area contributed by atoms with E-state index in [1.54, 1.807) is 26.0 Å². The van der Waals surface area contributed by atoms with Gasteiger partial charge in [0, 0.05) is 5.56 Å². The number of rotatable bonds is 5. The van der Waals surface area contributed by atoms with E-state index in [1.165, 1.54) is 12.1 Å². The summed E-state index contributed by atoms with van der Waals surface area (Å²) in [5, 5.41) is 0. The highest BCUT2D eigenvalue weighted by molar-refractivity contribution is 7.89. The van der Waals surface area contributed by atoms with Crippen molar-refractivity contribution in [3.05, 3.63) is 29.8 Å². The minimum absolute atomic E-state index is 0.0488. The molecule has 21 heavy (non-hydrogen) atoms. The van der Waals surface area contributed by atoms with Crippen LogP contribution < -0.4 is 16.2 Å². The monoisotopic (exact) mass is 309 g/mol. The molecule has 0 radical (unpaired) electrons. The minimum atomic E-state index is -3.81. The van der Waals surface area contributed by atoms with Crippen LogP contribution in [0.5, 0.6) is 0 Å². The fourth-order valence-corrected chi connectivity index (χ4v) is 2.98. The SMILES string of the molecule is CC(C)C(NS(=O)(=O)c1ccc(C#CCN)cc1)C(N)=O. The van der Waals surface area contributed by atoms with E-state index in [2.05, 4.69) is 16.6 Å². The zero-order chi connectivity index (χ0) is 16.0. The second-order valence-electron chi connectivity index (χ2n) is 4.78. The Labute approximate surface area is 125 Å². The number of hydrogen-bond acceptors (Lipinski definition) is 4. The van der Waals surface area contributed by atoms with Crippen LogP contribution >= 0.6 is 0 Å². The van der Waals surface area contributed by atoms with Crippen molar-refractivity contribution in [1.29, 1.82) is 0 Å². The molecule has 0 aliphatic carbocycles. The first-order chi connectivity index (χ1) is 9.77. The Balaban J connectivity index is 3.00. The molecule has 6 nitrogen and oxygen atoms in total. The van der Waals surface area contributed by atoms with Gasteiger partial charge in [0.2, 0.25) is 15.9 Å². The number of primary amides is 1. The second-order valence-corrected chi connectivity index (χ2v) is 6.49. The van der Waals surface area contributed by atoms with Crippen LogP contribution in [-0.4, -0.2) is 26.9 Å². The first-order valence-corrected chi connectivity index (χ1v) is 7.87. The molecule has 0 aliphatic rings. The molecular weight excluding hydrogens is 290 g/mol. The summed E-state index contributed by atoms with van der Waals surface area (Å²) in [7, 11) is -3.81. The Kier molecular flexibility index (Phi) is 5.90. The first kappa shape index (κ1) is 17.2. The summed E-state index contributed by atoms with van der Waals surface area (Å²) in [6, 6.07) is 5.03. The average molecular weight is 309 g/mol. The van der Waals surface area contributed by atoms with Crippen molar-refractivity contribution in [2.45, 2.75) is 24.8 Å². The molecular formula is C14H19N3O3S. The van der Waals surface area contributed by atoms with E-state index in [0.717, 1.165) is 0 Å². The lowest BCUT2D eigenvalue weighted by molar-refractivity contribution is -0.120. The highest BCUT2D eigenvalue weighted by atomic mass is 32.2. The Bertz CT molecular complexity index is 655. The van der Waals surface area contributed by atoms with Crippen molar-refractivity contribution in [1.82, 2.24) is 4.72 Å².